The largest absolute Gasteiger partial charge is 0.358 e. The van der Waals surface area contributed by atoms with E-state index in [9.17, 15) is 0 Å². The van der Waals surface area contributed by atoms with Crippen molar-refractivity contribution in [3.05, 3.63) is 71.8 Å². The Bertz CT molecular complexity index is 729. The van der Waals surface area contributed by atoms with Gasteiger partial charge in [-0.25, -0.2) is 0 Å². The number of benzene rings is 2. The van der Waals surface area contributed by atoms with Gasteiger partial charge in [-0.3, -0.25) is 4.99 Å². The van der Waals surface area contributed by atoms with E-state index in [1.807, 2.05) is 11.8 Å². The average Bonchev–Trinajstić information content (AvgIpc) is 2.83. The van der Waals surface area contributed by atoms with Gasteiger partial charge in [0, 0.05) is 5.75 Å². The first-order valence-corrected chi connectivity index (χ1v) is 13.8. The van der Waals surface area contributed by atoms with Crippen LogP contribution in [0.15, 0.2) is 65.7 Å². The summed E-state index contributed by atoms with van der Waals surface area (Å²) in [6.45, 7) is 6.69. The predicted molar refractivity (Wildman–Crippen MR) is 145 cm³/mol. The van der Waals surface area contributed by atoms with Gasteiger partial charge in [0.1, 0.15) is 0 Å². The van der Waals surface area contributed by atoms with E-state index >= 15 is 0 Å². The van der Waals surface area contributed by atoms with Crippen molar-refractivity contribution in [2.24, 2.45) is 4.99 Å². The summed E-state index contributed by atoms with van der Waals surface area (Å²) < 4.78 is 0. The molecule has 0 bridgehead atoms. The maximum atomic E-state index is 5.06. The molecule has 0 saturated heterocycles. The quantitative estimate of drug-likeness (QED) is 0.165. The summed E-state index contributed by atoms with van der Waals surface area (Å²) in [5.41, 5.74) is 2.56. The molecule has 2 atom stereocenters. The van der Waals surface area contributed by atoms with E-state index in [4.69, 9.17) is 4.99 Å². The van der Waals surface area contributed by atoms with Crippen molar-refractivity contribution >= 4 is 16.9 Å². The molecule has 0 aliphatic rings. The number of hydrogen-bond donors (Lipinski definition) is 1. The van der Waals surface area contributed by atoms with Gasteiger partial charge in [0.15, 0.2) is 5.17 Å². The van der Waals surface area contributed by atoms with Crippen LogP contribution in [0.5, 0.6) is 0 Å². The van der Waals surface area contributed by atoms with Gasteiger partial charge in [0.05, 0.1) is 12.1 Å². The third kappa shape index (κ3) is 11.2. The van der Waals surface area contributed by atoms with Crippen molar-refractivity contribution in [3.8, 4) is 0 Å². The van der Waals surface area contributed by atoms with Gasteiger partial charge >= 0.3 is 0 Å². The number of hydrogen-bond acceptors (Lipinski definition) is 2. The minimum Gasteiger partial charge on any atom is -0.358 e. The van der Waals surface area contributed by atoms with Crippen LogP contribution in [0.2, 0.25) is 0 Å². The van der Waals surface area contributed by atoms with Crippen LogP contribution in [0.25, 0.3) is 0 Å². The highest BCUT2D eigenvalue weighted by Crippen LogP contribution is 2.21. The topological polar surface area (TPSA) is 24.4 Å². The molecule has 0 spiro atoms. The number of unbranched alkanes of at least 4 members (excludes halogenated alkanes) is 9. The number of nitrogens with one attached hydrogen (secondary N) is 1. The van der Waals surface area contributed by atoms with Crippen molar-refractivity contribution in [2.75, 3.05) is 5.75 Å². The molecule has 3 heteroatoms. The van der Waals surface area contributed by atoms with E-state index in [-0.39, 0.29) is 12.1 Å². The molecule has 0 saturated carbocycles. The molecular formula is C29H44N2S. The second-order valence-corrected chi connectivity index (χ2v) is 9.91. The highest BCUT2D eigenvalue weighted by atomic mass is 32.2. The average molecular weight is 453 g/mol. The lowest BCUT2D eigenvalue weighted by atomic mass is 10.1. The summed E-state index contributed by atoms with van der Waals surface area (Å²) in [5, 5.41) is 4.75. The molecule has 2 rings (SSSR count). The van der Waals surface area contributed by atoms with E-state index in [1.165, 1.54) is 75.3 Å². The van der Waals surface area contributed by atoms with Gasteiger partial charge in [-0.2, -0.15) is 0 Å². The van der Waals surface area contributed by atoms with Crippen LogP contribution in [-0.4, -0.2) is 10.9 Å². The molecule has 32 heavy (non-hydrogen) atoms. The Morgan fingerprint density at radius 2 is 1.22 bits per heavy atom. The number of nitrogens with zero attached hydrogens (tertiary/aromatic N) is 1. The smallest absolute Gasteiger partial charge is 0.157 e. The predicted octanol–water partition coefficient (Wildman–Crippen LogP) is 9.11. The Labute approximate surface area is 201 Å². The van der Waals surface area contributed by atoms with Gasteiger partial charge in [0.25, 0.3) is 0 Å². The minimum atomic E-state index is 0.155. The zero-order chi connectivity index (χ0) is 22.9. The van der Waals surface area contributed by atoms with E-state index in [0.29, 0.717) is 0 Å². The summed E-state index contributed by atoms with van der Waals surface area (Å²) in [5.74, 6) is 1.13. The van der Waals surface area contributed by atoms with Crippen LogP contribution < -0.4 is 5.32 Å². The van der Waals surface area contributed by atoms with Crippen LogP contribution in [0.1, 0.15) is 108 Å². The standard InChI is InChI=1S/C29H44N2S/c1-4-5-6-7-8-9-10-11-12-19-24-32-29(30-25(2)27-20-15-13-16-21-27)31-26(3)28-22-17-14-18-23-28/h13-18,20-23,25-26H,4-12,19,24H2,1-3H3,(H,30,31)/t25-,26-/m0/s1. The number of thioether (sulfide) groups is 1. The normalized spacial score (nSPS) is 13.7. The zero-order valence-corrected chi connectivity index (χ0v) is 21.4. The molecular weight excluding hydrogens is 408 g/mol. The van der Waals surface area contributed by atoms with Crippen molar-refractivity contribution in [3.63, 3.8) is 0 Å². The van der Waals surface area contributed by atoms with Crippen LogP contribution in [-0.2, 0) is 0 Å². The summed E-state index contributed by atoms with van der Waals surface area (Å²) in [7, 11) is 0. The molecule has 2 aromatic carbocycles. The lowest BCUT2D eigenvalue weighted by molar-refractivity contribution is 0.563. The third-order valence-corrected chi connectivity index (χ3v) is 6.96. The molecule has 0 unspecified atom stereocenters. The first kappa shape index (κ1) is 26.5. The second kappa shape index (κ2) is 16.8. The van der Waals surface area contributed by atoms with Crippen molar-refractivity contribution in [1.29, 1.82) is 0 Å². The van der Waals surface area contributed by atoms with E-state index in [1.54, 1.807) is 0 Å². The maximum absolute atomic E-state index is 5.06. The Morgan fingerprint density at radius 1 is 0.719 bits per heavy atom. The van der Waals surface area contributed by atoms with Crippen LogP contribution in [0.3, 0.4) is 0 Å². The summed E-state index contributed by atoms with van der Waals surface area (Å²) >= 11 is 1.88. The zero-order valence-electron chi connectivity index (χ0n) is 20.6. The molecule has 176 valence electrons. The molecule has 0 amide bonds. The Kier molecular flexibility index (Phi) is 13.9. The minimum absolute atomic E-state index is 0.155. The molecule has 0 heterocycles. The van der Waals surface area contributed by atoms with Crippen LogP contribution in [0, 0.1) is 0 Å². The van der Waals surface area contributed by atoms with Gasteiger partial charge in [0.2, 0.25) is 0 Å². The Hall–Kier alpha value is -1.74. The fraction of sp³-hybridized carbons (Fsp3) is 0.552. The van der Waals surface area contributed by atoms with Crippen molar-refractivity contribution in [1.82, 2.24) is 5.32 Å². The molecule has 0 aliphatic carbocycles. The maximum Gasteiger partial charge on any atom is 0.157 e. The summed E-state index contributed by atoms with van der Waals surface area (Å²) in [6.07, 6.45) is 13.8. The molecule has 2 nitrogen and oxygen atoms in total. The summed E-state index contributed by atoms with van der Waals surface area (Å²) in [4.78, 5) is 5.06. The highest BCUT2D eigenvalue weighted by Gasteiger charge is 2.11. The van der Waals surface area contributed by atoms with Gasteiger partial charge in [-0.15, -0.1) is 0 Å². The fourth-order valence-electron chi connectivity index (χ4n) is 3.87. The molecule has 2 aromatic rings. The molecule has 0 aromatic heterocycles. The monoisotopic (exact) mass is 452 g/mol. The molecule has 0 radical (unpaired) electrons. The first-order chi connectivity index (χ1) is 15.7. The molecule has 0 fully saturated rings. The van der Waals surface area contributed by atoms with Crippen molar-refractivity contribution in [2.45, 2.75) is 97.1 Å². The van der Waals surface area contributed by atoms with Crippen LogP contribution in [0.4, 0.5) is 0 Å². The molecule has 0 aliphatic heterocycles. The SMILES string of the molecule is CCCCCCCCCCCCSC(=N[C@@H](C)c1ccccc1)N[C@@H](C)c1ccccc1. The van der Waals surface area contributed by atoms with Gasteiger partial charge in [-0.05, 0) is 31.4 Å². The van der Waals surface area contributed by atoms with Crippen LogP contribution >= 0.6 is 11.8 Å². The van der Waals surface area contributed by atoms with E-state index in [2.05, 4.69) is 86.8 Å². The first-order valence-electron chi connectivity index (χ1n) is 12.8. The highest BCUT2D eigenvalue weighted by molar-refractivity contribution is 8.13. The van der Waals surface area contributed by atoms with E-state index < -0.39 is 0 Å². The lowest BCUT2D eigenvalue weighted by Crippen LogP contribution is -2.25. The number of aliphatic imine (C=N–C) groups is 1. The third-order valence-electron chi connectivity index (χ3n) is 5.97. The Morgan fingerprint density at radius 3 is 1.78 bits per heavy atom. The number of rotatable bonds is 15. The molecule has 1 N–H and O–H groups in total. The fourth-order valence-corrected chi connectivity index (χ4v) is 4.90. The number of amidine groups is 1. The van der Waals surface area contributed by atoms with Gasteiger partial charge in [-0.1, -0.05) is 137 Å². The van der Waals surface area contributed by atoms with E-state index in [0.717, 1.165) is 10.9 Å². The summed E-state index contributed by atoms with van der Waals surface area (Å²) in [6, 6.07) is 21.6. The van der Waals surface area contributed by atoms with Crippen molar-refractivity contribution < 1.29 is 0 Å². The Balaban J connectivity index is 1.78. The van der Waals surface area contributed by atoms with Gasteiger partial charge < -0.3 is 5.32 Å². The lowest BCUT2D eigenvalue weighted by Gasteiger charge is -2.19. The second-order valence-electron chi connectivity index (χ2n) is 8.83.